The van der Waals surface area contributed by atoms with E-state index in [9.17, 15) is 35.9 Å². The van der Waals surface area contributed by atoms with Gasteiger partial charge in [0.2, 0.25) is 5.88 Å². The molecule has 8 nitrogen and oxygen atoms in total. The molecule has 2 aromatic rings. The molecule has 0 bridgehead atoms. The lowest BCUT2D eigenvalue weighted by molar-refractivity contribution is -0.326. The monoisotopic (exact) mass is 563 g/mol. The summed E-state index contributed by atoms with van der Waals surface area (Å²) in [4.78, 5) is 29.7. The van der Waals surface area contributed by atoms with Crippen molar-refractivity contribution in [1.29, 1.82) is 0 Å². The zero-order valence-corrected chi connectivity index (χ0v) is 20.3. The first-order valence-corrected chi connectivity index (χ1v) is 11.7. The fourth-order valence-corrected chi connectivity index (χ4v) is 5.06. The van der Waals surface area contributed by atoms with Gasteiger partial charge in [0.25, 0.3) is 5.91 Å². The highest BCUT2D eigenvalue weighted by Gasteiger charge is 2.40. The van der Waals surface area contributed by atoms with E-state index in [2.05, 4.69) is 15.0 Å². The molecular formula is C20H20ClF6N3O5S. The number of rotatable bonds is 6. The molecule has 2 atom stereocenters. The van der Waals surface area contributed by atoms with Crippen LogP contribution in [0.15, 0.2) is 5.38 Å². The number of hydrogen-bond donors (Lipinski definition) is 1. The van der Waals surface area contributed by atoms with Crippen molar-refractivity contribution in [3.8, 4) is 5.88 Å². The van der Waals surface area contributed by atoms with Gasteiger partial charge in [-0.2, -0.15) is 13.2 Å². The Hall–Kier alpha value is -2.52. The minimum Gasteiger partial charge on any atom is -0.473 e. The molecule has 0 saturated carbocycles. The summed E-state index contributed by atoms with van der Waals surface area (Å²) in [6.07, 6.45) is -10.9. The summed E-state index contributed by atoms with van der Waals surface area (Å²) in [5.74, 6) is -1.13. The number of carbonyl (C=O) groups excluding carboxylic acids is 2. The van der Waals surface area contributed by atoms with Crippen LogP contribution in [-0.2, 0) is 15.7 Å². The van der Waals surface area contributed by atoms with E-state index in [1.807, 2.05) is 0 Å². The third kappa shape index (κ3) is 6.42. The van der Waals surface area contributed by atoms with Gasteiger partial charge in [0.15, 0.2) is 0 Å². The molecule has 200 valence electrons. The van der Waals surface area contributed by atoms with E-state index in [0.29, 0.717) is 11.3 Å². The minimum absolute atomic E-state index is 0.0543. The average Bonchev–Trinajstić information content (AvgIpc) is 3.18. The van der Waals surface area contributed by atoms with Crippen LogP contribution >= 0.6 is 22.9 Å². The molecule has 3 heterocycles. The van der Waals surface area contributed by atoms with Crippen molar-refractivity contribution < 1.29 is 50.1 Å². The van der Waals surface area contributed by atoms with Gasteiger partial charge in [-0.3, -0.25) is 9.53 Å². The van der Waals surface area contributed by atoms with Crippen molar-refractivity contribution in [2.24, 2.45) is 0 Å². The molecule has 16 heteroatoms. The van der Waals surface area contributed by atoms with Gasteiger partial charge in [0.05, 0.1) is 28.0 Å². The van der Waals surface area contributed by atoms with Crippen LogP contribution in [-0.4, -0.2) is 67.2 Å². The molecule has 0 aliphatic carbocycles. The number of ether oxygens (including phenoxy) is 3. The van der Waals surface area contributed by atoms with E-state index in [1.54, 1.807) is 6.92 Å². The number of nitrogens with zero attached hydrogens (tertiary/aromatic N) is 2. The fourth-order valence-electron chi connectivity index (χ4n) is 3.66. The van der Waals surface area contributed by atoms with Crippen LogP contribution in [0.1, 0.15) is 35.7 Å². The van der Waals surface area contributed by atoms with E-state index in [-0.39, 0.29) is 35.2 Å². The first-order chi connectivity index (χ1) is 16.7. The summed E-state index contributed by atoms with van der Waals surface area (Å²) < 4.78 is 91.2. The second-order valence-corrected chi connectivity index (χ2v) is 8.98. The molecule has 0 radical (unpaired) electrons. The number of nitrogens with one attached hydrogen (secondary N) is 1. The lowest BCUT2D eigenvalue weighted by Crippen LogP contribution is -2.47. The Bertz CT molecular complexity index is 1130. The third-order valence-corrected chi connectivity index (χ3v) is 6.62. The van der Waals surface area contributed by atoms with Crippen molar-refractivity contribution in [3.63, 3.8) is 0 Å². The normalized spacial score (nSPS) is 18.9. The van der Waals surface area contributed by atoms with Gasteiger partial charge in [0, 0.05) is 37.9 Å². The molecule has 0 aromatic carbocycles. The fraction of sp³-hybridized carbons (Fsp3) is 0.550. The number of carbonyl (C=O) groups is 2. The van der Waals surface area contributed by atoms with Gasteiger partial charge in [0.1, 0.15) is 17.7 Å². The number of piperidine rings is 1. The van der Waals surface area contributed by atoms with Crippen molar-refractivity contribution in [2.45, 2.75) is 44.4 Å². The predicted octanol–water partition coefficient (Wildman–Crippen LogP) is 5.23. The summed E-state index contributed by atoms with van der Waals surface area (Å²) in [5, 5.41) is 2.84. The van der Waals surface area contributed by atoms with Crippen molar-refractivity contribution in [1.82, 2.24) is 15.2 Å². The van der Waals surface area contributed by atoms with Gasteiger partial charge < -0.3 is 19.7 Å². The quantitative estimate of drug-likeness (QED) is 0.382. The highest BCUT2D eigenvalue weighted by Crippen LogP contribution is 2.46. The Morgan fingerprint density at radius 1 is 1.25 bits per heavy atom. The maximum Gasteiger partial charge on any atom is 0.522 e. The number of aromatic nitrogens is 1. The van der Waals surface area contributed by atoms with Crippen LogP contribution in [0.5, 0.6) is 5.88 Å². The number of halogens is 7. The Morgan fingerprint density at radius 3 is 2.53 bits per heavy atom. The highest BCUT2D eigenvalue weighted by atomic mass is 35.5. The molecule has 2 amide bonds. The summed E-state index contributed by atoms with van der Waals surface area (Å²) >= 11 is 6.74. The summed E-state index contributed by atoms with van der Waals surface area (Å²) in [6, 6.07) is -0.521. The van der Waals surface area contributed by atoms with Crippen LogP contribution in [0.4, 0.5) is 31.1 Å². The van der Waals surface area contributed by atoms with Gasteiger partial charge >= 0.3 is 18.6 Å². The molecule has 1 N–H and O–H groups in total. The molecular weight excluding hydrogens is 544 g/mol. The number of amides is 2. The highest BCUT2D eigenvalue weighted by molar-refractivity contribution is 7.17. The largest absolute Gasteiger partial charge is 0.522 e. The van der Waals surface area contributed by atoms with Crippen LogP contribution in [0.3, 0.4) is 0 Å². The van der Waals surface area contributed by atoms with Crippen LogP contribution in [0.25, 0.3) is 10.2 Å². The lowest BCUT2D eigenvalue weighted by atomic mass is 10.0. The van der Waals surface area contributed by atoms with E-state index in [4.69, 9.17) is 21.1 Å². The Kier molecular flexibility index (Phi) is 8.45. The summed E-state index contributed by atoms with van der Waals surface area (Å²) in [6.45, 7) is 0.192. The topological polar surface area (TPSA) is 90.0 Å². The lowest BCUT2D eigenvalue weighted by Gasteiger charge is -2.36. The van der Waals surface area contributed by atoms with E-state index >= 15 is 0 Å². The molecule has 1 aliphatic heterocycles. The van der Waals surface area contributed by atoms with Gasteiger partial charge in [-0.05, 0) is 6.92 Å². The van der Waals surface area contributed by atoms with Gasteiger partial charge in [-0.25, -0.2) is 9.78 Å². The predicted molar refractivity (Wildman–Crippen MR) is 116 cm³/mol. The molecule has 0 unspecified atom stereocenters. The number of pyridine rings is 1. The molecule has 2 aromatic heterocycles. The first kappa shape index (κ1) is 28.1. The Morgan fingerprint density at radius 2 is 1.94 bits per heavy atom. The SMILES string of the molecule is CNC(=O)c1csc2c(C(F)(F)F)c(Cl)c(O[C@H]3CCN(C(=O)OCCOC(F)(F)F)[C@@H](C)C3)nc12. The average molecular weight is 564 g/mol. The summed E-state index contributed by atoms with van der Waals surface area (Å²) in [7, 11) is 1.33. The smallest absolute Gasteiger partial charge is 0.473 e. The number of thiophene rings is 1. The van der Waals surface area contributed by atoms with E-state index in [1.165, 1.54) is 17.3 Å². The number of fused-ring (bicyclic) bond motifs is 1. The molecule has 0 spiro atoms. The minimum atomic E-state index is -4.85. The molecule has 1 saturated heterocycles. The number of hydrogen-bond acceptors (Lipinski definition) is 7. The second kappa shape index (κ2) is 10.8. The molecule has 36 heavy (non-hydrogen) atoms. The Balaban J connectivity index is 1.74. The van der Waals surface area contributed by atoms with Gasteiger partial charge in [-0.15, -0.1) is 24.5 Å². The molecule has 1 aliphatic rings. The van der Waals surface area contributed by atoms with Gasteiger partial charge in [-0.1, -0.05) is 11.6 Å². The van der Waals surface area contributed by atoms with Crippen molar-refractivity contribution in [2.75, 3.05) is 26.8 Å². The zero-order chi connectivity index (χ0) is 26.8. The van der Waals surface area contributed by atoms with Crippen LogP contribution in [0.2, 0.25) is 5.02 Å². The van der Waals surface area contributed by atoms with E-state index < -0.39 is 66.4 Å². The maximum atomic E-state index is 13.8. The second-order valence-electron chi connectivity index (χ2n) is 7.73. The number of alkyl halides is 6. The van der Waals surface area contributed by atoms with Crippen molar-refractivity contribution in [3.05, 3.63) is 21.5 Å². The molecule has 1 fully saturated rings. The summed E-state index contributed by atoms with van der Waals surface area (Å²) in [5.41, 5.74) is -1.44. The van der Waals surface area contributed by atoms with E-state index in [0.717, 1.165) is 0 Å². The Labute approximate surface area is 209 Å². The molecule has 3 rings (SSSR count). The van der Waals surface area contributed by atoms with Crippen molar-refractivity contribution >= 4 is 45.2 Å². The first-order valence-electron chi connectivity index (χ1n) is 10.4. The van der Waals surface area contributed by atoms with Crippen LogP contribution in [0, 0.1) is 0 Å². The third-order valence-electron chi connectivity index (χ3n) is 5.28. The van der Waals surface area contributed by atoms with Crippen LogP contribution < -0.4 is 10.1 Å². The maximum absolute atomic E-state index is 13.8. The number of likely N-dealkylation sites (tertiary alicyclic amines) is 1. The zero-order valence-electron chi connectivity index (χ0n) is 18.8. The standard InChI is InChI=1S/C20H20ClF6N3O5S/c1-9-7-10(3-4-30(9)18(32)33-5-6-34-20(25,26)27)35-17-13(21)12(19(22,23)24)15-14(29-17)11(8-36-15)16(31)28-2/h8-10H,3-7H2,1-2H3,(H,28,31)/t9-,10-/m0/s1.